The molecule has 43 heavy (non-hydrogen) atoms. The number of hydrogen-bond donors (Lipinski definition) is 3. The van der Waals surface area contributed by atoms with Crippen LogP contribution in [-0.2, 0) is 16.5 Å². The molecule has 0 aliphatic carbocycles. The van der Waals surface area contributed by atoms with Gasteiger partial charge in [0.05, 0.1) is 0 Å². The van der Waals surface area contributed by atoms with Crippen LogP contribution < -0.4 is 15.9 Å². The van der Waals surface area contributed by atoms with Crippen molar-refractivity contribution in [3.63, 3.8) is 0 Å². The number of quaternary nitrogens is 3. The van der Waals surface area contributed by atoms with E-state index in [1.165, 1.54) is 55.1 Å². The van der Waals surface area contributed by atoms with Crippen molar-refractivity contribution in [2.45, 2.75) is 18.1 Å². The average molecular weight is 778 g/mol. The van der Waals surface area contributed by atoms with Gasteiger partial charge in [0.25, 0.3) is 0 Å². The molecule has 3 aromatic carbocycles. The standard InChI is InChI=1S/3C11H8F2N.Ir/c3*12-8-4-5-9(10(13)7-8)11-3-1-2-6-14-11;/h3*1-2,4-7,11,14H;/p+3/i3*11D;/hD3. The molecule has 3 aliphatic rings. The van der Waals surface area contributed by atoms with Crippen molar-refractivity contribution in [2.24, 2.45) is 0 Å². The van der Waals surface area contributed by atoms with Gasteiger partial charge in [0, 0.05) is 0 Å². The maximum absolute atomic E-state index is 15.7. The van der Waals surface area contributed by atoms with Crippen LogP contribution in [-0.4, -0.2) is 0 Å². The summed E-state index contributed by atoms with van der Waals surface area (Å²) in [4.78, 5) is 0. The molecule has 10 heteroatoms. The summed E-state index contributed by atoms with van der Waals surface area (Å²) in [5.74, 6) is -6.42. The molecular weight excluding hydrogens is 745 g/mol. The van der Waals surface area contributed by atoms with E-state index in [9.17, 15) is 17.3 Å². The summed E-state index contributed by atoms with van der Waals surface area (Å²) in [6, 6.07) is -0.0789. The summed E-state index contributed by atoms with van der Waals surface area (Å²) in [6.45, 7) is 0. The predicted octanol–water partition coefficient (Wildman–Crippen LogP) is 4.59. The van der Waals surface area contributed by atoms with E-state index < -0.39 is 102 Å². The predicted molar refractivity (Wildman–Crippen MR) is 145 cm³/mol. The summed E-state index contributed by atoms with van der Waals surface area (Å²) in [5.41, 5.74) is -1.39. The van der Waals surface area contributed by atoms with Crippen LogP contribution in [0.1, 0.15) is 38.9 Å². The first-order valence-corrected chi connectivity index (χ1v) is 16.4. The second-order valence-electron chi connectivity index (χ2n) is 9.23. The molecule has 222 valence electrons. The van der Waals surface area contributed by atoms with Gasteiger partial charge in [0.2, 0.25) is 0 Å². The number of benzene rings is 3. The third-order valence-corrected chi connectivity index (χ3v) is 13.4. The zero-order chi connectivity index (χ0) is 35.5. The summed E-state index contributed by atoms with van der Waals surface area (Å²) >= 11 is -4.36. The van der Waals surface area contributed by atoms with Gasteiger partial charge in [0.15, 0.2) is 0 Å². The van der Waals surface area contributed by atoms with Crippen molar-refractivity contribution in [1.82, 2.24) is 0 Å². The molecule has 6 unspecified atom stereocenters. The summed E-state index contributed by atoms with van der Waals surface area (Å²) in [6.07, 6.45) is 11.9. The first-order valence-electron chi connectivity index (χ1n) is 15.8. The molecule has 3 heterocycles. The molecule has 0 bridgehead atoms. The Hall–Kier alpha value is -3.79. The van der Waals surface area contributed by atoms with Crippen LogP contribution in [0.5, 0.6) is 0 Å². The molecule has 0 saturated carbocycles. The molecular formula is C33H27F6IrN3+3. The molecule has 6 N–H and O–H groups in total. The summed E-state index contributed by atoms with van der Waals surface area (Å²) in [5, 5.41) is -1.47. The molecule has 0 spiro atoms. The second kappa shape index (κ2) is 12.4. The van der Waals surface area contributed by atoms with E-state index in [1.807, 2.05) is 0 Å². The van der Waals surface area contributed by atoms with E-state index in [2.05, 4.69) is 0 Å². The normalized spacial score (nSPS) is 34.0. The quantitative estimate of drug-likeness (QED) is 0.308. The van der Waals surface area contributed by atoms with Crippen LogP contribution in [0.4, 0.5) is 26.3 Å². The van der Waals surface area contributed by atoms with E-state index in [0.717, 1.165) is 36.4 Å². The van der Waals surface area contributed by atoms with Gasteiger partial charge in [-0.05, 0) is 0 Å². The maximum atomic E-state index is 15.7. The molecule has 3 aliphatic heterocycles. The molecule has 3 aromatic rings. The Morgan fingerprint density at radius 1 is 0.512 bits per heavy atom. The van der Waals surface area contributed by atoms with Gasteiger partial charge in [-0.2, -0.15) is 0 Å². The molecule has 6 rings (SSSR count). The number of nitrogens with two attached hydrogens (primary N) is 3. The van der Waals surface area contributed by atoms with Gasteiger partial charge in [-0.25, -0.2) is 0 Å². The Bertz CT molecular complexity index is 1810. The number of rotatable bonds is 6. The molecule has 0 fully saturated rings. The first kappa shape index (κ1) is 22.7. The van der Waals surface area contributed by atoms with Crippen molar-refractivity contribution >= 4 is 0 Å². The third kappa shape index (κ3) is 5.89. The Balaban J connectivity index is 1.71. The van der Waals surface area contributed by atoms with Crippen LogP contribution in [0, 0.1) is 34.9 Å². The summed E-state index contributed by atoms with van der Waals surface area (Å²) in [7, 11) is 0. The molecule has 0 saturated heterocycles. The van der Waals surface area contributed by atoms with Gasteiger partial charge in [0.1, 0.15) is 0 Å². The number of allylic oxidation sites excluding steroid dienone is 6. The van der Waals surface area contributed by atoms with E-state index >= 15 is 13.2 Å². The minimum absolute atomic E-state index is 0.0764. The molecule has 0 amide bonds. The van der Waals surface area contributed by atoms with E-state index in [4.69, 9.17) is 4.24 Å². The topological polar surface area (TPSA) is 49.8 Å². The van der Waals surface area contributed by atoms with Gasteiger partial charge in [-0.3, -0.25) is 0 Å². The van der Waals surface area contributed by atoms with Crippen LogP contribution >= 0.6 is 0 Å². The third-order valence-electron chi connectivity index (χ3n) is 6.50. The molecule has 6 atom stereocenters. The Labute approximate surface area is 258 Å². The number of hydrogen-bond acceptors (Lipinski definition) is 0. The van der Waals surface area contributed by atoms with Crippen LogP contribution in [0.3, 0.4) is 0 Å². The minimum atomic E-state index is -4.36. The Morgan fingerprint density at radius 3 is 1.09 bits per heavy atom. The Kier molecular flexibility index (Phi) is 6.57. The fraction of sp³-hybridized carbons (Fsp3) is 0.0909. The summed E-state index contributed by atoms with van der Waals surface area (Å²) < 4.78 is 145. The van der Waals surface area contributed by atoms with Crippen molar-refractivity contribution in [1.29, 1.82) is 0 Å². The molecule has 3 nitrogen and oxygen atoms in total. The van der Waals surface area contributed by atoms with E-state index in [1.54, 1.807) is 0 Å². The number of halogens is 6. The zero-order valence-electron chi connectivity index (χ0n) is 28.0. The van der Waals surface area contributed by atoms with Crippen molar-refractivity contribution in [2.75, 3.05) is 0 Å². The Morgan fingerprint density at radius 2 is 0.814 bits per heavy atom. The second-order valence-corrected chi connectivity index (χ2v) is 14.9. The fourth-order valence-corrected chi connectivity index (χ4v) is 11.9. The SMILES string of the molecule is [2H][NH+]1C=CC=[C]([Ir]([C]2=CC=C[NH+]([2H])C2([2H])c2ccc(F)cc2F)[C]2=CC=C[NH+]([2H])C2([2H])c2ccc(F)cc2F)C1([2H])c1ccc(F)cc1F. The van der Waals surface area contributed by atoms with Gasteiger partial charge in [-0.15, -0.1) is 0 Å². The van der Waals surface area contributed by atoms with Gasteiger partial charge >= 0.3 is 259 Å². The monoisotopic (exact) mass is 778 g/mol. The van der Waals surface area contributed by atoms with Crippen LogP contribution in [0.15, 0.2) is 122 Å². The zero-order valence-corrected chi connectivity index (χ0v) is 24.4. The fourth-order valence-electron chi connectivity index (χ4n) is 4.61. The average Bonchev–Trinajstić information content (AvgIpc) is 3.03. The van der Waals surface area contributed by atoms with Crippen molar-refractivity contribution in [3.05, 3.63) is 174 Å². The van der Waals surface area contributed by atoms with Crippen LogP contribution in [0.2, 0.25) is 4.24 Å². The van der Waals surface area contributed by atoms with Crippen molar-refractivity contribution < 1.29 is 67.1 Å². The van der Waals surface area contributed by atoms with Gasteiger partial charge in [-0.1, -0.05) is 0 Å². The van der Waals surface area contributed by atoms with Crippen LogP contribution in [0.25, 0.3) is 0 Å². The molecule has 0 aromatic heterocycles. The van der Waals surface area contributed by atoms with E-state index in [0.29, 0.717) is 18.2 Å². The van der Waals surface area contributed by atoms with Gasteiger partial charge < -0.3 is 0 Å². The van der Waals surface area contributed by atoms with E-state index in [-0.39, 0.29) is 12.3 Å². The molecule has 0 radical (unpaired) electrons. The first-order chi connectivity index (χ1) is 23.1. The van der Waals surface area contributed by atoms with Crippen molar-refractivity contribution in [3.8, 4) is 0 Å².